The van der Waals surface area contributed by atoms with Crippen LogP contribution in [0.3, 0.4) is 0 Å². The Kier molecular flexibility index (Phi) is 5.43. The molecule has 2 aliphatic heterocycles. The van der Waals surface area contributed by atoms with E-state index in [1.807, 2.05) is 6.07 Å². The fraction of sp³-hybridized carbons (Fsp3) is 0.625. The highest BCUT2D eigenvalue weighted by Crippen LogP contribution is 2.26. The van der Waals surface area contributed by atoms with Crippen molar-refractivity contribution >= 4 is 27.6 Å². The Bertz CT molecular complexity index is 718. The molecular formula is C16H25N5O3S. The topological polar surface area (TPSA) is 94.6 Å². The lowest BCUT2D eigenvalue weighted by atomic mass is 10.1. The molecule has 0 unspecified atom stereocenters. The third-order valence-corrected chi connectivity index (χ3v) is 5.28. The Morgan fingerprint density at radius 1 is 1.24 bits per heavy atom. The maximum absolute atomic E-state index is 12.6. The van der Waals surface area contributed by atoms with Gasteiger partial charge in [-0.3, -0.25) is 0 Å². The van der Waals surface area contributed by atoms with Crippen LogP contribution in [0.2, 0.25) is 0 Å². The number of rotatable bonds is 4. The summed E-state index contributed by atoms with van der Waals surface area (Å²) in [6, 6.07) is 3.21. The van der Waals surface area contributed by atoms with Crippen molar-refractivity contribution in [2.45, 2.75) is 31.7 Å². The van der Waals surface area contributed by atoms with Gasteiger partial charge in [-0.15, -0.1) is 0 Å². The first-order chi connectivity index (χ1) is 11.9. The summed E-state index contributed by atoms with van der Waals surface area (Å²) >= 11 is 0. The van der Waals surface area contributed by atoms with Crippen molar-refractivity contribution in [3.63, 3.8) is 0 Å². The van der Waals surface area contributed by atoms with Gasteiger partial charge < -0.3 is 15.1 Å². The van der Waals surface area contributed by atoms with E-state index in [9.17, 15) is 13.2 Å². The number of urea groups is 1. The normalized spacial score (nSPS) is 21.4. The van der Waals surface area contributed by atoms with Crippen molar-refractivity contribution in [3.8, 4) is 0 Å². The molecule has 3 rings (SSSR count). The number of piperidine rings is 1. The Balaban J connectivity index is 1.66. The van der Waals surface area contributed by atoms with E-state index in [4.69, 9.17) is 0 Å². The number of sulfonamides is 1. The second kappa shape index (κ2) is 7.57. The van der Waals surface area contributed by atoms with Gasteiger partial charge in [0.05, 0.1) is 11.9 Å². The van der Waals surface area contributed by atoms with Crippen LogP contribution in [0.4, 0.5) is 16.3 Å². The average molecular weight is 367 g/mol. The lowest BCUT2D eigenvalue weighted by molar-refractivity contribution is 0.190. The smallest absolute Gasteiger partial charge is 0.322 e. The quantitative estimate of drug-likeness (QED) is 0.835. The molecule has 2 aliphatic rings. The highest BCUT2D eigenvalue weighted by molar-refractivity contribution is 7.88. The number of carbonyl (C=O) groups excluding carboxylic acids is 1. The summed E-state index contributed by atoms with van der Waals surface area (Å²) in [6.45, 7) is 2.89. The van der Waals surface area contributed by atoms with Gasteiger partial charge in [-0.25, -0.2) is 22.9 Å². The van der Waals surface area contributed by atoms with Crippen molar-refractivity contribution in [1.82, 2.24) is 14.6 Å². The van der Waals surface area contributed by atoms with E-state index < -0.39 is 10.0 Å². The zero-order valence-corrected chi connectivity index (χ0v) is 15.3. The molecule has 25 heavy (non-hydrogen) atoms. The summed E-state index contributed by atoms with van der Waals surface area (Å²) in [5, 5.41) is 2.95. The number of aromatic nitrogens is 1. The van der Waals surface area contributed by atoms with E-state index in [1.165, 1.54) is 0 Å². The van der Waals surface area contributed by atoms with E-state index in [0.29, 0.717) is 18.8 Å². The number of carbonyl (C=O) groups is 1. The molecule has 1 aromatic rings. The van der Waals surface area contributed by atoms with Crippen molar-refractivity contribution in [2.24, 2.45) is 0 Å². The number of hydrogen-bond donors (Lipinski definition) is 2. The van der Waals surface area contributed by atoms with Gasteiger partial charge in [-0.2, -0.15) is 0 Å². The van der Waals surface area contributed by atoms with Gasteiger partial charge in [-0.05, 0) is 37.8 Å². The molecule has 8 nitrogen and oxygen atoms in total. The molecule has 0 aliphatic carbocycles. The highest BCUT2D eigenvalue weighted by atomic mass is 32.2. The van der Waals surface area contributed by atoms with Crippen molar-refractivity contribution in [1.29, 1.82) is 0 Å². The molecule has 1 aromatic heterocycles. The van der Waals surface area contributed by atoms with Crippen LogP contribution in [0.15, 0.2) is 18.3 Å². The molecule has 2 saturated heterocycles. The Labute approximate surface area is 148 Å². The summed E-state index contributed by atoms with van der Waals surface area (Å²) < 4.78 is 25.4. The lowest BCUT2D eigenvalue weighted by Crippen LogP contribution is -2.50. The molecule has 2 fully saturated rings. The minimum absolute atomic E-state index is 0.214. The number of nitrogens with zero attached hydrogens (tertiary/aromatic N) is 3. The predicted octanol–water partition coefficient (Wildman–Crippen LogP) is 1.23. The van der Waals surface area contributed by atoms with E-state index in [-0.39, 0.29) is 12.1 Å². The summed E-state index contributed by atoms with van der Waals surface area (Å²) in [6.07, 6.45) is 6.65. The molecule has 0 bridgehead atoms. The summed E-state index contributed by atoms with van der Waals surface area (Å²) in [5.41, 5.74) is 0.701. The Morgan fingerprint density at radius 2 is 2.00 bits per heavy atom. The van der Waals surface area contributed by atoms with Gasteiger partial charge in [-0.1, -0.05) is 0 Å². The van der Waals surface area contributed by atoms with Crippen molar-refractivity contribution in [2.75, 3.05) is 42.7 Å². The fourth-order valence-electron chi connectivity index (χ4n) is 3.43. The second-order valence-electron chi connectivity index (χ2n) is 6.67. The minimum Gasteiger partial charge on any atom is -0.355 e. The van der Waals surface area contributed by atoms with Crippen LogP contribution in [-0.4, -0.2) is 62.8 Å². The van der Waals surface area contributed by atoms with Crippen LogP contribution in [0, 0.1) is 0 Å². The number of amides is 2. The summed E-state index contributed by atoms with van der Waals surface area (Å²) in [5.74, 6) is 0.802. The third kappa shape index (κ3) is 4.82. The molecule has 9 heteroatoms. The van der Waals surface area contributed by atoms with Crippen LogP contribution in [0.1, 0.15) is 25.7 Å². The molecule has 0 spiro atoms. The molecule has 1 atom stereocenters. The number of nitrogens with one attached hydrogen (secondary N) is 2. The zero-order chi connectivity index (χ0) is 17.9. The largest absolute Gasteiger partial charge is 0.355 e. The zero-order valence-electron chi connectivity index (χ0n) is 14.4. The van der Waals surface area contributed by atoms with Gasteiger partial charge >= 0.3 is 6.03 Å². The van der Waals surface area contributed by atoms with Crippen LogP contribution >= 0.6 is 0 Å². The Hall–Kier alpha value is -1.87. The molecule has 2 amide bonds. The van der Waals surface area contributed by atoms with E-state index in [2.05, 4.69) is 19.9 Å². The van der Waals surface area contributed by atoms with E-state index in [0.717, 1.165) is 50.8 Å². The molecule has 2 N–H and O–H groups in total. The molecule has 138 valence electrons. The first-order valence-electron chi connectivity index (χ1n) is 8.65. The maximum Gasteiger partial charge on any atom is 0.322 e. The van der Waals surface area contributed by atoms with E-state index >= 15 is 0 Å². The standard InChI is InChI=1S/C16H25N5O3S/c1-25(23,24)19-13-6-5-11-21(12-13)16(22)18-14-7-4-8-17-15(14)20-9-2-3-10-20/h4,7-8,13,19H,2-3,5-6,9-12H2,1H3,(H,18,22)/t13-/m1/s1. The fourth-order valence-corrected chi connectivity index (χ4v) is 4.23. The number of anilines is 2. The van der Waals surface area contributed by atoms with Gasteiger partial charge in [0.2, 0.25) is 10.0 Å². The van der Waals surface area contributed by atoms with E-state index in [1.54, 1.807) is 17.2 Å². The van der Waals surface area contributed by atoms with Gasteiger partial charge in [0, 0.05) is 38.4 Å². The third-order valence-electron chi connectivity index (χ3n) is 4.52. The van der Waals surface area contributed by atoms with Gasteiger partial charge in [0.25, 0.3) is 0 Å². The SMILES string of the molecule is CS(=O)(=O)N[C@@H]1CCCN(C(=O)Nc2cccnc2N2CCCC2)C1. The number of likely N-dealkylation sites (tertiary alicyclic amines) is 1. The predicted molar refractivity (Wildman–Crippen MR) is 97.3 cm³/mol. The highest BCUT2D eigenvalue weighted by Gasteiger charge is 2.26. The summed E-state index contributed by atoms with van der Waals surface area (Å²) in [4.78, 5) is 20.9. The van der Waals surface area contributed by atoms with Crippen LogP contribution in [0.5, 0.6) is 0 Å². The molecule has 0 saturated carbocycles. The monoisotopic (exact) mass is 367 g/mol. The Morgan fingerprint density at radius 3 is 2.72 bits per heavy atom. The first-order valence-corrected chi connectivity index (χ1v) is 10.5. The van der Waals surface area contributed by atoms with Crippen molar-refractivity contribution in [3.05, 3.63) is 18.3 Å². The van der Waals surface area contributed by atoms with Crippen LogP contribution < -0.4 is 14.9 Å². The second-order valence-corrected chi connectivity index (χ2v) is 8.45. The van der Waals surface area contributed by atoms with Gasteiger partial charge in [0.15, 0.2) is 5.82 Å². The van der Waals surface area contributed by atoms with Gasteiger partial charge in [0.1, 0.15) is 0 Å². The van der Waals surface area contributed by atoms with Crippen LogP contribution in [-0.2, 0) is 10.0 Å². The number of pyridine rings is 1. The molecule has 0 radical (unpaired) electrons. The average Bonchev–Trinajstić information content (AvgIpc) is 3.08. The minimum atomic E-state index is -3.27. The first kappa shape index (κ1) is 17.9. The van der Waals surface area contributed by atoms with Crippen LogP contribution in [0.25, 0.3) is 0 Å². The maximum atomic E-state index is 12.6. The molecule has 3 heterocycles. The molecular weight excluding hydrogens is 342 g/mol. The summed E-state index contributed by atoms with van der Waals surface area (Å²) in [7, 11) is -3.27. The lowest BCUT2D eigenvalue weighted by Gasteiger charge is -2.33. The number of hydrogen-bond acceptors (Lipinski definition) is 5. The molecule has 0 aromatic carbocycles. The van der Waals surface area contributed by atoms with Crippen molar-refractivity contribution < 1.29 is 13.2 Å².